The van der Waals surface area contributed by atoms with Crippen molar-refractivity contribution >= 4 is 23.1 Å². The minimum atomic E-state index is -0.778. The minimum Gasteiger partial charge on any atom is -0.507 e. The van der Waals surface area contributed by atoms with Gasteiger partial charge in [-0.2, -0.15) is 0 Å². The SMILES string of the molecule is Cc1cccc(N2C(=O)C(=O)/C(=C(\O)c3ccc4c(c3)CCO4)C2c2cccnc2)c1. The Bertz CT molecular complexity index is 1230. The number of pyridine rings is 1. The fraction of sp³-hybridized carbons (Fsp3) is 0.160. The highest BCUT2D eigenvalue weighted by Crippen LogP contribution is 2.42. The van der Waals surface area contributed by atoms with Gasteiger partial charge in [-0.05, 0) is 60.0 Å². The molecule has 2 aliphatic rings. The molecule has 0 radical (unpaired) electrons. The lowest BCUT2D eigenvalue weighted by atomic mass is 9.95. The molecule has 0 spiro atoms. The molecule has 0 saturated carbocycles. The Kier molecular flexibility index (Phi) is 4.55. The summed E-state index contributed by atoms with van der Waals surface area (Å²) in [4.78, 5) is 31.9. The van der Waals surface area contributed by atoms with Crippen molar-refractivity contribution in [2.24, 2.45) is 0 Å². The number of nitrogens with zero attached hydrogens (tertiary/aromatic N) is 2. The van der Waals surface area contributed by atoms with Crippen LogP contribution < -0.4 is 9.64 Å². The van der Waals surface area contributed by atoms with Gasteiger partial charge in [-0.1, -0.05) is 18.2 Å². The summed E-state index contributed by atoms with van der Waals surface area (Å²) >= 11 is 0. The van der Waals surface area contributed by atoms with Gasteiger partial charge in [0.05, 0.1) is 18.2 Å². The number of anilines is 1. The molecule has 6 nitrogen and oxygen atoms in total. The maximum atomic E-state index is 13.2. The topological polar surface area (TPSA) is 79.7 Å². The van der Waals surface area contributed by atoms with Crippen LogP contribution in [0.4, 0.5) is 5.69 Å². The van der Waals surface area contributed by atoms with Gasteiger partial charge in [0, 0.05) is 30.1 Å². The van der Waals surface area contributed by atoms with Crippen molar-refractivity contribution in [3.05, 3.63) is 94.8 Å². The molecule has 1 amide bonds. The predicted octanol–water partition coefficient (Wildman–Crippen LogP) is 3.95. The Morgan fingerprint density at radius 3 is 2.77 bits per heavy atom. The van der Waals surface area contributed by atoms with Crippen molar-refractivity contribution in [2.45, 2.75) is 19.4 Å². The van der Waals surface area contributed by atoms with E-state index in [1.54, 1.807) is 42.7 Å². The summed E-state index contributed by atoms with van der Waals surface area (Å²) in [6.07, 6.45) is 3.98. The number of carbonyl (C=O) groups is 2. The predicted molar refractivity (Wildman–Crippen MR) is 116 cm³/mol. The van der Waals surface area contributed by atoms with E-state index in [9.17, 15) is 14.7 Å². The van der Waals surface area contributed by atoms with Crippen LogP contribution in [-0.4, -0.2) is 28.4 Å². The summed E-state index contributed by atoms with van der Waals surface area (Å²) in [5.74, 6) is -0.812. The number of ether oxygens (including phenoxy) is 1. The molecule has 6 heteroatoms. The van der Waals surface area contributed by atoms with Crippen molar-refractivity contribution in [3.8, 4) is 5.75 Å². The Morgan fingerprint density at radius 2 is 2.00 bits per heavy atom. The largest absolute Gasteiger partial charge is 0.507 e. The highest BCUT2D eigenvalue weighted by Gasteiger charge is 2.47. The molecule has 0 aliphatic carbocycles. The van der Waals surface area contributed by atoms with E-state index in [4.69, 9.17) is 4.74 Å². The summed E-state index contributed by atoms with van der Waals surface area (Å²) < 4.78 is 5.54. The number of hydrogen-bond donors (Lipinski definition) is 1. The zero-order valence-corrected chi connectivity index (χ0v) is 16.9. The van der Waals surface area contributed by atoms with E-state index in [0.29, 0.717) is 23.4 Å². The van der Waals surface area contributed by atoms with Gasteiger partial charge < -0.3 is 9.84 Å². The molecule has 1 unspecified atom stereocenters. The van der Waals surface area contributed by atoms with E-state index in [1.165, 1.54) is 4.90 Å². The second-order valence-corrected chi connectivity index (χ2v) is 7.72. The first-order valence-corrected chi connectivity index (χ1v) is 10.1. The zero-order chi connectivity index (χ0) is 21.5. The quantitative estimate of drug-likeness (QED) is 0.400. The second kappa shape index (κ2) is 7.40. The molecule has 1 aromatic heterocycles. The highest BCUT2D eigenvalue weighted by atomic mass is 16.5. The lowest BCUT2D eigenvalue weighted by Gasteiger charge is -2.25. The van der Waals surface area contributed by atoms with Crippen LogP contribution in [0.2, 0.25) is 0 Å². The number of ketones is 1. The molecule has 2 aromatic carbocycles. The van der Waals surface area contributed by atoms with E-state index >= 15 is 0 Å². The number of carbonyl (C=O) groups excluding carboxylic acids is 2. The van der Waals surface area contributed by atoms with Crippen LogP contribution in [0, 0.1) is 6.92 Å². The van der Waals surface area contributed by atoms with Crippen LogP contribution in [-0.2, 0) is 16.0 Å². The molecular formula is C25H20N2O4. The minimum absolute atomic E-state index is 0.0540. The number of aromatic nitrogens is 1. The summed E-state index contributed by atoms with van der Waals surface area (Å²) in [5, 5.41) is 11.2. The van der Waals surface area contributed by atoms with Gasteiger partial charge >= 0.3 is 0 Å². The zero-order valence-electron chi connectivity index (χ0n) is 16.9. The van der Waals surface area contributed by atoms with Gasteiger partial charge in [-0.25, -0.2) is 0 Å². The fourth-order valence-electron chi connectivity index (χ4n) is 4.22. The number of rotatable bonds is 3. The number of Topliss-reactive ketones (excluding diaryl/α,β-unsaturated/α-hetero) is 1. The monoisotopic (exact) mass is 412 g/mol. The smallest absolute Gasteiger partial charge is 0.300 e. The molecule has 1 N–H and O–H groups in total. The molecule has 5 rings (SSSR count). The van der Waals surface area contributed by atoms with E-state index < -0.39 is 17.7 Å². The summed E-state index contributed by atoms with van der Waals surface area (Å²) in [7, 11) is 0. The molecule has 1 fully saturated rings. The maximum absolute atomic E-state index is 13.2. The number of benzene rings is 2. The fourth-order valence-corrected chi connectivity index (χ4v) is 4.22. The number of amides is 1. The van der Waals surface area contributed by atoms with Gasteiger partial charge in [0.2, 0.25) is 0 Å². The Balaban J connectivity index is 1.70. The van der Waals surface area contributed by atoms with Gasteiger partial charge in [0.15, 0.2) is 0 Å². The van der Waals surface area contributed by atoms with Crippen LogP contribution in [0.5, 0.6) is 5.75 Å². The van der Waals surface area contributed by atoms with Crippen LogP contribution in [0.1, 0.15) is 28.3 Å². The van der Waals surface area contributed by atoms with Crippen molar-refractivity contribution in [1.29, 1.82) is 0 Å². The van der Waals surface area contributed by atoms with Crippen molar-refractivity contribution in [1.82, 2.24) is 4.98 Å². The van der Waals surface area contributed by atoms with E-state index in [1.807, 2.05) is 31.2 Å². The number of aliphatic hydroxyl groups is 1. The molecule has 31 heavy (non-hydrogen) atoms. The number of aliphatic hydroxyl groups excluding tert-OH is 1. The van der Waals surface area contributed by atoms with Gasteiger partial charge in [0.1, 0.15) is 11.5 Å². The summed E-state index contributed by atoms with van der Waals surface area (Å²) in [6, 6.07) is 15.5. The third kappa shape index (κ3) is 3.17. The number of aryl methyl sites for hydroxylation is 1. The van der Waals surface area contributed by atoms with Crippen LogP contribution in [0.3, 0.4) is 0 Å². The molecular weight excluding hydrogens is 392 g/mol. The Hall–Kier alpha value is -3.93. The normalized spacial score (nSPS) is 19.4. The van der Waals surface area contributed by atoms with Gasteiger partial charge in [0.25, 0.3) is 11.7 Å². The lowest BCUT2D eigenvalue weighted by Crippen LogP contribution is -2.29. The molecule has 0 bridgehead atoms. The first kappa shape index (κ1) is 19.1. The summed E-state index contributed by atoms with van der Waals surface area (Å²) in [6.45, 7) is 2.51. The van der Waals surface area contributed by atoms with E-state index in [0.717, 1.165) is 23.3 Å². The van der Waals surface area contributed by atoms with Crippen LogP contribution in [0.25, 0.3) is 5.76 Å². The Morgan fingerprint density at radius 1 is 1.13 bits per heavy atom. The maximum Gasteiger partial charge on any atom is 0.300 e. The number of hydrogen-bond acceptors (Lipinski definition) is 5. The van der Waals surface area contributed by atoms with Crippen molar-refractivity contribution < 1.29 is 19.4 Å². The first-order chi connectivity index (χ1) is 15.0. The van der Waals surface area contributed by atoms with Crippen LogP contribution >= 0.6 is 0 Å². The van der Waals surface area contributed by atoms with Gasteiger partial charge in [-0.15, -0.1) is 0 Å². The molecule has 3 heterocycles. The van der Waals surface area contributed by atoms with Crippen LogP contribution in [0.15, 0.2) is 72.6 Å². The lowest BCUT2D eigenvalue weighted by molar-refractivity contribution is -0.132. The Labute approximate surface area is 179 Å². The van der Waals surface area contributed by atoms with E-state index in [-0.39, 0.29) is 11.3 Å². The molecule has 2 aliphatic heterocycles. The molecule has 3 aromatic rings. The van der Waals surface area contributed by atoms with E-state index in [2.05, 4.69) is 4.98 Å². The van der Waals surface area contributed by atoms with Crippen molar-refractivity contribution in [3.63, 3.8) is 0 Å². The highest BCUT2D eigenvalue weighted by molar-refractivity contribution is 6.51. The summed E-state index contributed by atoms with van der Waals surface area (Å²) in [5.41, 5.74) is 3.71. The average molecular weight is 412 g/mol. The third-order valence-electron chi connectivity index (χ3n) is 5.69. The van der Waals surface area contributed by atoms with Gasteiger partial charge in [-0.3, -0.25) is 19.5 Å². The first-order valence-electron chi connectivity index (χ1n) is 10.1. The standard InChI is InChI=1S/C25H20N2O4/c1-15-4-2-6-19(12-15)27-22(18-5-3-10-26-14-18)21(24(29)25(27)30)23(28)17-7-8-20-16(13-17)9-11-31-20/h2-8,10,12-14,22,28H,9,11H2,1H3/b23-21-. The van der Waals surface area contributed by atoms with Crippen molar-refractivity contribution in [2.75, 3.05) is 11.5 Å². The average Bonchev–Trinajstić information content (AvgIpc) is 3.36. The molecule has 154 valence electrons. The third-order valence-corrected chi connectivity index (χ3v) is 5.69. The molecule has 1 atom stereocenters. The number of fused-ring (bicyclic) bond motifs is 1. The second-order valence-electron chi connectivity index (χ2n) is 7.72. The molecule has 1 saturated heterocycles.